The topological polar surface area (TPSA) is 127 Å². The average Bonchev–Trinajstić information content (AvgIpc) is 3.37. The monoisotopic (exact) mass is 527 g/mol. The van der Waals surface area contributed by atoms with E-state index in [1.165, 1.54) is 23.9 Å². The van der Waals surface area contributed by atoms with Gasteiger partial charge in [0.05, 0.1) is 33.8 Å². The molecular formula is C28H25N5O4S. The summed E-state index contributed by atoms with van der Waals surface area (Å²) in [7, 11) is -3.83. The molecule has 10 heteroatoms. The number of esters is 1. The normalized spacial score (nSPS) is 11.4. The van der Waals surface area contributed by atoms with Crippen LogP contribution in [-0.4, -0.2) is 41.2 Å². The van der Waals surface area contributed by atoms with E-state index in [-0.39, 0.29) is 17.3 Å². The van der Waals surface area contributed by atoms with Crippen LogP contribution in [0.4, 0.5) is 5.82 Å². The van der Waals surface area contributed by atoms with Crippen molar-refractivity contribution in [1.29, 1.82) is 0 Å². The van der Waals surface area contributed by atoms with Gasteiger partial charge in [0.2, 0.25) is 0 Å². The van der Waals surface area contributed by atoms with Gasteiger partial charge in [0.25, 0.3) is 10.0 Å². The van der Waals surface area contributed by atoms with Gasteiger partial charge in [-0.2, -0.15) is 5.10 Å². The predicted octanol–water partition coefficient (Wildman–Crippen LogP) is 5.23. The molecule has 0 unspecified atom stereocenters. The summed E-state index contributed by atoms with van der Waals surface area (Å²) in [5.41, 5.74) is 4.50. The summed E-state index contributed by atoms with van der Waals surface area (Å²) < 4.78 is 33.3. The third-order valence-corrected chi connectivity index (χ3v) is 7.41. The van der Waals surface area contributed by atoms with Gasteiger partial charge in [-0.05, 0) is 49.2 Å². The van der Waals surface area contributed by atoms with E-state index in [9.17, 15) is 13.2 Å². The lowest BCUT2D eigenvalue weighted by atomic mass is 10.0. The van der Waals surface area contributed by atoms with E-state index in [0.717, 1.165) is 12.0 Å². The molecule has 0 radical (unpaired) electrons. The molecule has 0 amide bonds. The zero-order chi connectivity index (χ0) is 26.7. The van der Waals surface area contributed by atoms with E-state index < -0.39 is 16.0 Å². The molecule has 2 N–H and O–H groups in total. The fraction of sp³-hybridized carbons (Fsp3) is 0.143. The standard InChI is InChI=1S/C28H25N5O4S/c1-3-18-8-10-20(11-9-18)26-25-22(28(34)37-4-2)17-23(30-27(25)32-31-26)19-12-14-21(15-13-19)38(35,36)33-24-7-5-6-16-29-24/h5-17H,3-4H2,1-2H3,(H,29,33)(H,30,31,32). The lowest BCUT2D eigenvalue weighted by Crippen LogP contribution is -2.13. The van der Waals surface area contributed by atoms with Gasteiger partial charge >= 0.3 is 5.97 Å². The van der Waals surface area contributed by atoms with Crippen LogP contribution in [0.3, 0.4) is 0 Å². The number of H-pyrrole nitrogens is 1. The van der Waals surface area contributed by atoms with Crippen LogP contribution in [0.25, 0.3) is 33.5 Å². The number of carbonyl (C=O) groups excluding carboxylic acids is 1. The Morgan fingerprint density at radius 2 is 1.71 bits per heavy atom. The molecule has 0 spiro atoms. The Balaban J connectivity index is 1.54. The molecule has 0 atom stereocenters. The third kappa shape index (κ3) is 4.98. The molecule has 0 aliphatic carbocycles. The van der Waals surface area contributed by atoms with Crippen LogP contribution in [0, 0.1) is 0 Å². The number of pyridine rings is 2. The van der Waals surface area contributed by atoms with Crippen LogP contribution in [0.15, 0.2) is 83.9 Å². The number of carbonyl (C=O) groups is 1. The molecule has 0 fully saturated rings. The Morgan fingerprint density at radius 3 is 2.37 bits per heavy atom. The van der Waals surface area contributed by atoms with Crippen molar-refractivity contribution in [3.05, 3.63) is 90.1 Å². The van der Waals surface area contributed by atoms with E-state index in [1.807, 2.05) is 24.3 Å². The maximum absolute atomic E-state index is 13.0. The number of benzene rings is 2. The molecule has 0 aliphatic rings. The molecule has 192 valence electrons. The van der Waals surface area contributed by atoms with Gasteiger partial charge in [0.1, 0.15) is 5.82 Å². The number of aromatic nitrogens is 4. The zero-order valence-electron chi connectivity index (χ0n) is 20.8. The van der Waals surface area contributed by atoms with Crippen molar-refractivity contribution < 1.29 is 17.9 Å². The van der Waals surface area contributed by atoms with E-state index in [1.54, 1.807) is 43.3 Å². The number of fused-ring (bicyclic) bond motifs is 1. The maximum atomic E-state index is 13.0. The summed E-state index contributed by atoms with van der Waals surface area (Å²) in [6, 6.07) is 20.8. The van der Waals surface area contributed by atoms with Crippen molar-refractivity contribution in [2.45, 2.75) is 25.2 Å². The predicted molar refractivity (Wildman–Crippen MR) is 145 cm³/mol. The first kappa shape index (κ1) is 25.1. The van der Waals surface area contributed by atoms with E-state index >= 15 is 0 Å². The van der Waals surface area contributed by atoms with Crippen LogP contribution in [0.1, 0.15) is 29.8 Å². The summed E-state index contributed by atoms with van der Waals surface area (Å²) in [5.74, 6) is -0.269. The van der Waals surface area contributed by atoms with Crippen LogP contribution in [0.5, 0.6) is 0 Å². The van der Waals surface area contributed by atoms with Crippen LogP contribution < -0.4 is 4.72 Å². The highest BCUT2D eigenvalue weighted by molar-refractivity contribution is 7.92. The number of aryl methyl sites for hydroxylation is 1. The van der Waals surface area contributed by atoms with Crippen molar-refractivity contribution in [1.82, 2.24) is 20.2 Å². The quantitative estimate of drug-likeness (QED) is 0.265. The van der Waals surface area contributed by atoms with Crippen molar-refractivity contribution in [2.24, 2.45) is 0 Å². The first-order valence-corrected chi connectivity index (χ1v) is 13.6. The number of anilines is 1. The summed E-state index contributed by atoms with van der Waals surface area (Å²) in [5, 5.41) is 7.96. The first-order valence-electron chi connectivity index (χ1n) is 12.1. The van der Waals surface area contributed by atoms with Crippen molar-refractivity contribution in [3.8, 4) is 22.5 Å². The van der Waals surface area contributed by atoms with Gasteiger partial charge in [-0.25, -0.2) is 23.2 Å². The summed E-state index contributed by atoms with van der Waals surface area (Å²) in [4.78, 5) is 21.7. The second-order valence-corrected chi connectivity index (χ2v) is 10.2. The minimum Gasteiger partial charge on any atom is -0.462 e. The molecule has 9 nitrogen and oxygen atoms in total. The molecule has 3 heterocycles. The molecule has 0 aliphatic heterocycles. The number of rotatable bonds is 8. The van der Waals surface area contributed by atoms with Crippen molar-refractivity contribution in [3.63, 3.8) is 0 Å². The van der Waals surface area contributed by atoms with E-state index in [2.05, 4.69) is 31.8 Å². The number of hydrogen-bond acceptors (Lipinski definition) is 7. The Bertz CT molecular complexity index is 1700. The fourth-order valence-electron chi connectivity index (χ4n) is 4.08. The summed E-state index contributed by atoms with van der Waals surface area (Å²) >= 11 is 0. The van der Waals surface area contributed by atoms with Crippen molar-refractivity contribution in [2.75, 3.05) is 11.3 Å². The maximum Gasteiger partial charge on any atom is 0.339 e. The Morgan fingerprint density at radius 1 is 0.974 bits per heavy atom. The van der Waals surface area contributed by atoms with Crippen LogP contribution >= 0.6 is 0 Å². The molecule has 38 heavy (non-hydrogen) atoms. The second kappa shape index (κ2) is 10.4. The Kier molecular flexibility index (Phi) is 6.89. The van der Waals surface area contributed by atoms with Gasteiger partial charge in [-0.1, -0.05) is 49.4 Å². The second-order valence-electron chi connectivity index (χ2n) is 8.47. The smallest absolute Gasteiger partial charge is 0.339 e. The fourth-order valence-corrected chi connectivity index (χ4v) is 5.09. The SMILES string of the molecule is CCOC(=O)c1cc(-c2ccc(S(=O)(=O)Nc3ccccn3)cc2)nc2n[nH]c(-c3ccc(CC)cc3)c12. The number of ether oxygens (including phenoxy) is 1. The highest BCUT2D eigenvalue weighted by Gasteiger charge is 2.22. The molecule has 0 bridgehead atoms. The van der Waals surface area contributed by atoms with Gasteiger partial charge in [-0.3, -0.25) is 9.82 Å². The molecule has 5 aromatic rings. The molecule has 5 rings (SSSR count). The molecule has 2 aromatic carbocycles. The number of sulfonamides is 1. The van der Waals surface area contributed by atoms with Crippen LogP contribution in [0.2, 0.25) is 0 Å². The minimum absolute atomic E-state index is 0.0659. The Hall–Kier alpha value is -4.57. The highest BCUT2D eigenvalue weighted by atomic mass is 32.2. The largest absolute Gasteiger partial charge is 0.462 e. The minimum atomic E-state index is -3.83. The van der Waals surface area contributed by atoms with Gasteiger partial charge in [0.15, 0.2) is 5.65 Å². The lowest BCUT2D eigenvalue weighted by molar-refractivity contribution is 0.0528. The number of nitrogens with one attached hydrogen (secondary N) is 2. The lowest BCUT2D eigenvalue weighted by Gasteiger charge is -2.10. The van der Waals surface area contributed by atoms with E-state index in [4.69, 9.17) is 4.74 Å². The van der Waals surface area contributed by atoms with Gasteiger partial charge in [0, 0.05) is 17.3 Å². The van der Waals surface area contributed by atoms with Gasteiger partial charge in [-0.15, -0.1) is 0 Å². The number of aromatic amines is 1. The average molecular weight is 528 g/mol. The molecule has 0 saturated heterocycles. The Labute approximate surface area is 220 Å². The van der Waals surface area contributed by atoms with Crippen LogP contribution in [-0.2, 0) is 21.2 Å². The summed E-state index contributed by atoms with van der Waals surface area (Å²) in [6.45, 7) is 4.05. The van der Waals surface area contributed by atoms with Crippen molar-refractivity contribution >= 4 is 32.8 Å². The highest BCUT2D eigenvalue weighted by Crippen LogP contribution is 2.32. The molecule has 3 aromatic heterocycles. The first-order chi connectivity index (χ1) is 18.4. The van der Waals surface area contributed by atoms with E-state index in [0.29, 0.717) is 33.5 Å². The zero-order valence-corrected chi connectivity index (χ0v) is 21.6. The van der Waals surface area contributed by atoms with Gasteiger partial charge < -0.3 is 4.74 Å². The third-order valence-electron chi connectivity index (χ3n) is 6.03. The summed E-state index contributed by atoms with van der Waals surface area (Å²) in [6.07, 6.45) is 2.42. The number of nitrogens with zero attached hydrogens (tertiary/aromatic N) is 3. The molecule has 0 saturated carbocycles. The number of hydrogen-bond donors (Lipinski definition) is 2. The molecular weight excluding hydrogens is 502 g/mol.